The highest BCUT2D eigenvalue weighted by Gasteiger charge is 2.21. The maximum atomic E-state index is 11.9. The Kier molecular flexibility index (Phi) is 3.37. The van der Waals surface area contributed by atoms with Crippen LogP contribution in [0.3, 0.4) is 0 Å². The number of carbonyl (C=O) groups excluding carboxylic acids is 2. The molecule has 1 aliphatic rings. The van der Waals surface area contributed by atoms with Crippen molar-refractivity contribution in [3.8, 4) is 0 Å². The number of rotatable bonds is 2. The molecule has 1 aromatic rings. The summed E-state index contributed by atoms with van der Waals surface area (Å²) in [5.41, 5.74) is 3.46. The lowest BCUT2D eigenvalue weighted by Crippen LogP contribution is -2.32. The van der Waals surface area contributed by atoms with Crippen molar-refractivity contribution in [1.29, 1.82) is 0 Å². The summed E-state index contributed by atoms with van der Waals surface area (Å²) in [7, 11) is 0. The van der Waals surface area contributed by atoms with Crippen molar-refractivity contribution in [2.75, 3.05) is 5.32 Å². The standard InChI is InChI=1S/C12H17N5O2/c1-12(2,3)8-6-9(16-15-8)13-11(19)7-4-5-10(18)17-14-7/h6H,4-5H2,1-3H3,(H,17,18)(H2,13,15,16,19). The van der Waals surface area contributed by atoms with Gasteiger partial charge in [-0.15, -0.1) is 0 Å². The smallest absolute Gasteiger partial charge is 0.273 e. The summed E-state index contributed by atoms with van der Waals surface area (Å²) < 4.78 is 0. The van der Waals surface area contributed by atoms with Gasteiger partial charge in [-0.1, -0.05) is 20.8 Å². The van der Waals surface area contributed by atoms with Crippen LogP contribution in [-0.4, -0.2) is 27.7 Å². The van der Waals surface area contributed by atoms with Crippen molar-refractivity contribution in [2.24, 2.45) is 5.10 Å². The lowest BCUT2D eigenvalue weighted by Gasteiger charge is -2.14. The van der Waals surface area contributed by atoms with E-state index in [2.05, 4.69) is 26.0 Å². The number of carbonyl (C=O) groups is 2. The Labute approximate surface area is 110 Å². The minimum Gasteiger partial charge on any atom is -0.304 e. The summed E-state index contributed by atoms with van der Waals surface area (Å²) in [6.45, 7) is 6.15. The molecule has 0 unspecified atom stereocenters. The monoisotopic (exact) mass is 263 g/mol. The molecule has 2 heterocycles. The SMILES string of the molecule is CC(C)(C)c1cc(NC(=O)C2=NNC(=O)CC2)n[nH]1. The Balaban J connectivity index is 2.03. The van der Waals surface area contributed by atoms with Crippen LogP contribution in [0.5, 0.6) is 0 Å². The van der Waals surface area contributed by atoms with Gasteiger partial charge in [0.1, 0.15) is 5.71 Å². The van der Waals surface area contributed by atoms with Crippen LogP contribution in [0.4, 0.5) is 5.82 Å². The molecule has 0 saturated carbocycles. The number of hydrogen-bond donors (Lipinski definition) is 3. The van der Waals surface area contributed by atoms with Crippen LogP contribution in [0, 0.1) is 0 Å². The van der Waals surface area contributed by atoms with Gasteiger partial charge in [0, 0.05) is 30.0 Å². The van der Waals surface area contributed by atoms with Gasteiger partial charge in [-0.25, -0.2) is 5.43 Å². The van der Waals surface area contributed by atoms with Gasteiger partial charge in [0.15, 0.2) is 5.82 Å². The number of amides is 2. The van der Waals surface area contributed by atoms with E-state index >= 15 is 0 Å². The Morgan fingerprint density at radius 3 is 2.63 bits per heavy atom. The molecule has 2 rings (SSSR count). The molecule has 0 atom stereocenters. The Morgan fingerprint density at radius 1 is 1.37 bits per heavy atom. The maximum absolute atomic E-state index is 11.9. The molecule has 7 heteroatoms. The highest BCUT2D eigenvalue weighted by Crippen LogP contribution is 2.21. The third-order valence-electron chi connectivity index (χ3n) is 2.79. The number of nitrogens with one attached hydrogen (secondary N) is 3. The van der Waals surface area contributed by atoms with Crippen molar-refractivity contribution in [1.82, 2.24) is 15.6 Å². The number of H-pyrrole nitrogens is 1. The number of aromatic nitrogens is 2. The van der Waals surface area contributed by atoms with Gasteiger partial charge < -0.3 is 5.32 Å². The first-order valence-electron chi connectivity index (χ1n) is 6.09. The number of aromatic amines is 1. The first-order valence-corrected chi connectivity index (χ1v) is 6.09. The molecule has 19 heavy (non-hydrogen) atoms. The van der Waals surface area contributed by atoms with Crippen LogP contribution in [0.1, 0.15) is 39.3 Å². The summed E-state index contributed by atoms with van der Waals surface area (Å²) in [5, 5.41) is 13.3. The van der Waals surface area contributed by atoms with E-state index < -0.39 is 0 Å². The lowest BCUT2D eigenvalue weighted by molar-refractivity contribution is -0.121. The number of nitrogens with zero attached hydrogens (tertiary/aromatic N) is 2. The molecule has 102 valence electrons. The van der Waals surface area contributed by atoms with Crippen molar-refractivity contribution in [3.63, 3.8) is 0 Å². The highest BCUT2D eigenvalue weighted by molar-refractivity contribution is 6.43. The van der Waals surface area contributed by atoms with Crippen LogP contribution in [0.25, 0.3) is 0 Å². The summed E-state index contributed by atoms with van der Waals surface area (Å²) in [5.74, 6) is -0.0622. The van der Waals surface area contributed by atoms with Crippen molar-refractivity contribution in [2.45, 2.75) is 39.0 Å². The summed E-state index contributed by atoms with van der Waals surface area (Å²) in [4.78, 5) is 22.8. The van der Waals surface area contributed by atoms with Gasteiger partial charge in [-0.3, -0.25) is 14.7 Å². The molecular formula is C12H17N5O2. The molecule has 0 fully saturated rings. The predicted octanol–water partition coefficient (Wildman–Crippen LogP) is 0.912. The fraction of sp³-hybridized carbons (Fsp3) is 0.500. The largest absolute Gasteiger partial charge is 0.304 e. The van der Waals surface area contributed by atoms with E-state index in [0.29, 0.717) is 18.0 Å². The molecule has 3 N–H and O–H groups in total. The van der Waals surface area contributed by atoms with Crippen LogP contribution >= 0.6 is 0 Å². The van der Waals surface area contributed by atoms with E-state index in [1.165, 1.54) is 0 Å². The summed E-state index contributed by atoms with van der Waals surface area (Å²) in [6, 6.07) is 1.79. The van der Waals surface area contributed by atoms with Gasteiger partial charge in [0.25, 0.3) is 5.91 Å². The normalized spacial score (nSPS) is 15.7. The van der Waals surface area contributed by atoms with Gasteiger partial charge in [0.05, 0.1) is 0 Å². The molecule has 0 radical (unpaired) electrons. The van der Waals surface area contributed by atoms with Gasteiger partial charge in [0.2, 0.25) is 5.91 Å². The van der Waals surface area contributed by atoms with Crippen LogP contribution in [0.2, 0.25) is 0 Å². The van der Waals surface area contributed by atoms with Gasteiger partial charge >= 0.3 is 0 Å². The molecular weight excluding hydrogens is 246 g/mol. The van der Waals surface area contributed by atoms with E-state index in [1.54, 1.807) is 6.07 Å². The zero-order chi connectivity index (χ0) is 14.0. The number of hydrogen-bond acceptors (Lipinski definition) is 4. The van der Waals surface area contributed by atoms with E-state index in [0.717, 1.165) is 5.69 Å². The van der Waals surface area contributed by atoms with Crippen molar-refractivity contribution in [3.05, 3.63) is 11.8 Å². The number of anilines is 1. The molecule has 1 aromatic heterocycles. The average Bonchev–Trinajstić information content (AvgIpc) is 2.78. The summed E-state index contributed by atoms with van der Waals surface area (Å²) in [6.07, 6.45) is 0.619. The van der Waals surface area contributed by atoms with Gasteiger partial charge in [-0.05, 0) is 0 Å². The van der Waals surface area contributed by atoms with Gasteiger partial charge in [-0.2, -0.15) is 10.2 Å². The lowest BCUT2D eigenvalue weighted by atomic mass is 9.92. The fourth-order valence-corrected chi connectivity index (χ4v) is 1.60. The third-order valence-corrected chi connectivity index (χ3v) is 2.79. The molecule has 0 aromatic carbocycles. The van der Waals surface area contributed by atoms with E-state index in [-0.39, 0.29) is 23.7 Å². The Bertz CT molecular complexity index is 539. The minimum absolute atomic E-state index is 0.0632. The molecule has 1 aliphatic heterocycles. The second-order valence-corrected chi connectivity index (χ2v) is 5.46. The quantitative estimate of drug-likeness (QED) is 0.739. The first-order chi connectivity index (χ1) is 8.86. The molecule has 0 spiro atoms. The minimum atomic E-state index is -0.341. The highest BCUT2D eigenvalue weighted by atomic mass is 16.2. The van der Waals surface area contributed by atoms with Crippen LogP contribution in [-0.2, 0) is 15.0 Å². The zero-order valence-electron chi connectivity index (χ0n) is 11.2. The molecule has 2 amide bonds. The summed E-state index contributed by atoms with van der Waals surface area (Å²) >= 11 is 0. The topological polar surface area (TPSA) is 99.2 Å². The van der Waals surface area contributed by atoms with Crippen molar-refractivity contribution >= 4 is 23.3 Å². The second kappa shape index (κ2) is 4.83. The molecule has 0 bridgehead atoms. The molecule has 7 nitrogen and oxygen atoms in total. The van der Waals surface area contributed by atoms with Crippen LogP contribution < -0.4 is 10.7 Å². The van der Waals surface area contributed by atoms with E-state index in [1.807, 2.05) is 20.8 Å². The Hall–Kier alpha value is -2.18. The number of hydrazone groups is 1. The first kappa shape index (κ1) is 13.3. The maximum Gasteiger partial charge on any atom is 0.273 e. The third kappa shape index (κ3) is 3.18. The zero-order valence-corrected chi connectivity index (χ0v) is 11.2. The van der Waals surface area contributed by atoms with E-state index in [9.17, 15) is 9.59 Å². The fourth-order valence-electron chi connectivity index (χ4n) is 1.60. The molecule has 0 aliphatic carbocycles. The van der Waals surface area contributed by atoms with Crippen molar-refractivity contribution < 1.29 is 9.59 Å². The predicted molar refractivity (Wildman–Crippen MR) is 70.7 cm³/mol. The second-order valence-electron chi connectivity index (χ2n) is 5.46. The van der Waals surface area contributed by atoms with E-state index in [4.69, 9.17) is 0 Å². The average molecular weight is 263 g/mol. The Morgan fingerprint density at radius 2 is 2.11 bits per heavy atom. The molecule has 0 saturated heterocycles. The van der Waals surface area contributed by atoms with Crippen LogP contribution in [0.15, 0.2) is 11.2 Å².